The van der Waals surface area contributed by atoms with Crippen molar-refractivity contribution in [1.29, 1.82) is 0 Å². The lowest BCUT2D eigenvalue weighted by Crippen LogP contribution is -2.61. The first-order chi connectivity index (χ1) is 14.3. The quantitative estimate of drug-likeness (QED) is 0.448. The zero-order valence-corrected chi connectivity index (χ0v) is 17.4. The van der Waals surface area contributed by atoms with Gasteiger partial charge in [-0.05, 0) is 30.0 Å². The highest BCUT2D eigenvalue weighted by molar-refractivity contribution is 6.15. The van der Waals surface area contributed by atoms with Crippen molar-refractivity contribution in [2.24, 2.45) is 0 Å². The summed E-state index contributed by atoms with van der Waals surface area (Å²) < 4.78 is 6.03. The molecule has 2 aromatic rings. The predicted molar refractivity (Wildman–Crippen MR) is 113 cm³/mol. The molecule has 2 unspecified atom stereocenters. The van der Waals surface area contributed by atoms with Crippen LogP contribution in [0.2, 0.25) is 0 Å². The molecule has 30 heavy (non-hydrogen) atoms. The van der Waals surface area contributed by atoms with E-state index in [1.165, 1.54) is 0 Å². The van der Waals surface area contributed by atoms with E-state index >= 15 is 0 Å². The van der Waals surface area contributed by atoms with Gasteiger partial charge < -0.3 is 26.2 Å². The van der Waals surface area contributed by atoms with Crippen LogP contribution in [-0.2, 0) is 11.3 Å². The normalized spacial score (nSPS) is 23.6. The van der Waals surface area contributed by atoms with Crippen LogP contribution < -0.4 is 21.1 Å². The van der Waals surface area contributed by atoms with Crippen LogP contribution in [0.5, 0.6) is 5.75 Å². The zero-order valence-electron chi connectivity index (χ0n) is 17.4. The molecule has 5 N–H and O–H groups in total. The Morgan fingerprint density at radius 2 is 2.00 bits per heavy atom. The van der Waals surface area contributed by atoms with E-state index in [2.05, 4.69) is 10.6 Å². The van der Waals surface area contributed by atoms with Gasteiger partial charge in [0.1, 0.15) is 5.75 Å². The average molecular weight is 409 g/mol. The molecule has 2 amide bonds. The summed E-state index contributed by atoms with van der Waals surface area (Å²) in [6, 6.07) is 9.75. The molecule has 1 aliphatic carbocycles. The van der Waals surface area contributed by atoms with Gasteiger partial charge in [0.15, 0.2) is 0 Å². The van der Waals surface area contributed by atoms with Crippen LogP contribution in [0.15, 0.2) is 36.4 Å². The van der Waals surface area contributed by atoms with Gasteiger partial charge in [0.2, 0.25) is 11.3 Å². The molecule has 7 nitrogen and oxygen atoms in total. The van der Waals surface area contributed by atoms with Crippen molar-refractivity contribution in [3.05, 3.63) is 58.7 Å². The maximum atomic E-state index is 13.7. The van der Waals surface area contributed by atoms with Gasteiger partial charge in [-0.15, -0.1) is 0 Å². The molecule has 1 heterocycles. The number of ether oxygens (including phenoxy) is 1. The number of nitrogens with two attached hydrogens (primary N) is 1. The summed E-state index contributed by atoms with van der Waals surface area (Å²) in [5, 5.41) is 17.3. The molecule has 0 radical (unpaired) electrons. The minimum absolute atomic E-state index is 0.174. The minimum Gasteiger partial charge on any atom is -0.454 e. The number of hydrogen-bond acceptors (Lipinski definition) is 5. The summed E-state index contributed by atoms with van der Waals surface area (Å²) in [5.74, 6) is -1.97. The van der Waals surface area contributed by atoms with E-state index in [-0.39, 0.29) is 22.7 Å². The van der Waals surface area contributed by atoms with Gasteiger partial charge in [0.25, 0.3) is 5.79 Å². The number of carbonyl (C=O) groups is 2. The minimum atomic E-state index is -2.09. The molecule has 2 aliphatic rings. The molecule has 2 atom stereocenters. The summed E-state index contributed by atoms with van der Waals surface area (Å²) in [5.41, 5.74) is 6.34. The van der Waals surface area contributed by atoms with E-state index in [0.717, 1.165) is 18.4 Å². The van der Waals surface area contributed by atoms with Gasteiger partial charge in [-0.25, -0.2) is 4.79 Å². The second-order valence-corrected chi connectivity index (χ2v) is 8.24. The van der Waals surface area contributed by atoms with Gasteiger partial charge in [-0.3, -0.25) is 4.79 Å². The Balaban J connectivity index is 1.87. The fourth-order valence-electron chi connectivity index (χ4n) is 4.34. The number of nitrogens with one attached hydrogen (secondary N) is 2. The second kappa shape index (κ2) is 7.02. The number of aliphatic hydroxyl groups is 1. The number of benzene rings is 2. The second-order valence-electron chi connectivity index (χ2n) is 8.24. The van der Waals surface area contributed by atoms with Crippen LogP contribution in [0.1, 0.15) is 66.6 Å². The Morgan fingerprint density at radius 1 is 1.23 bits per heavy atom. The lowest BCUT2D eigenvalue weighted by atomic mass is 9.82. The largest absolute Gasteiger partial charge is 0.454 e. The fraction of sp³-hybridized carbons (Fsp3) is 0.391. The fourth-order valence-corrected chi connectivity index (χ4v) is 4.34. The first kappa shape index (κ1) is 20.2. The van der Waals surface area contributed by atoms with Crippen molar-refractivity contribution in [1.82, 2.24) is 10.6 Å². The van der Waals surface area contributed by atoms with Crippen LogP contribution in [0.4, 0.5) is 10.5 Å². The summed E-state index contributed by atoms with van der Waals surface area (Å²) in [4.78, 5) is 26.5. The predicted octanol–water partition coefficient (Wildman–Crippen LogP) is 3.12. The number of Topliss-reactive ketones (excluding diaryl/α,β-unsaturated/α-hetero) is 1. The topological polar surface area (TPSA) is 114 Å². The smallest absolute Gasteiger partial charge is 0.316 e. The first-order valence-corrected chi connectivity index (χ1v) is 10.3. The van der Waals surface area contributed by atoms with Crippen molar-refractivity contribution in [3.8, 4) is 5.75 Å². The van der Waals surface area contributed by atoms with Crippen molar-refractivity contribution in [2.75, 3.05) is 12.3 Å². The molecular weight excluding hydrogens is 382 g/mol. The van der Waals surface area contributed by atoms with Crippen molar-refractivity contribution >= 4 is 17.5 Å². The summed E-state index contributed by atoms with van der Waals surface area (Å²) in [6.45, 7) is 6.57. The van der Waals surface area contributed by atoms with Gasteiger partial charge in [0.05, 0.1) is 5.56 Å². The van der Waals surface area contributed by atoms with Crippen molar-refractivity contribution < 1.29 is 19.4 Å². The summed E-state index contributed by atoms with van der Waals surface area (Å²) in [6.07, 6.45) is 1.72. The van der Waals surface area contributed by atoms with Crippen LogP contribution in [-0.4, -0.2) is 23.5 Å². The molecular formula is C23H27N3O4. The van der Waals surface area contributed by atoms with E-state index < -0.39 is 23.1 Å². The number of ketones is 1. The molecule has 4 rings (SSSR count). The number of urea groups is 1. The maximum absolute atomic E-state index is 13.7. The molecule has 7 heteroatoms. The number of rotatable bonds is 5. The van der Waals surface area contributed by atoms with Gasteiger partial charge in [-0.1, -0.05) is 51.5 Å². The van der Waals surface area contributed by atoms with Gasteiger partial charge in [-0.2, -0.15) is 0 Å². The Kier molecular flexibility index (Phi) is 4.73. The highest BCUT2D eigenvalue weighted by Crippen LogP contribution is 2.59. The van der Waals surface area contributed by atoms with Crippen LogP contribution in [0, 0.1) is 0 Å². The summed E-state index contributed by atoms with van der Waals surface area (Å²) >= 11 is 0. The Morgan fingerprint density at radius 3 is 2.70 bits per heavy atom. The number of carbonyl (C=O) groups excluding carboxylic acids is 2. The van der Waals surface area contributed by atoms with E-state index in [9.17, 15) is 14.7 Å². The third-order valence-electron chi connectivity index (χ3n) is 5.99. The summed E-state index contributed by atoms with van der Waals surface area (Å²) in [7, 11) is 0. The van der Waals surface area contributed by atoms with E-state index in [1.54, 1.807) is 24.3 Å². The van der Waals surface area contributed by atoms with Crippen molar-refractivity contribution in [3.63, 3.8) is 0 Å². The lowest BCUT2D eigenvalue weighted by Gasteiger charge is -2.34. The highest BCUT2D eigenvalue weighted by atomic mass is 16.6. The van der Waals surface area contributed by atoms with Crippen LogP contribution in [0.3, 0.4) is 0 Å². The third kappa shape index (κ3) is 2.61. The molecule has 0 aromatic heterocycles. The molecule has 0 saturated heterocycles. The standard InChI is InChI=1S/C23H27N3O4/c1-4-5-11-25-21(28)26-22-15-10-9-14(13(2)3)12-18(15)30-23(22,29)16-7-6-8-17(24)19(16)20(22)27/h6-10,12-13,29H,4-5,11,24H2,1-3H3,(H2,25,26,28). The van der Waals surface area contributed by atoms with E-state index in [1.807, 2.05) is 32.9 Å². The zero-order chi connectivity index (χ0) is 21.7. The lowest BCUT2D eigenvalue weighted by molar-refractivity contribution is -0.168. The van der Waals surface area contributed by atoms with Crippen LogP contribution >= 0.6 is 0 Å². The number of hydrogen-bond donors (Lipinski definition) is 4. The molecule has 0 fully saturated rings. The molecule has 2 aromatic carbocycles. The number of unbranched alkanes of at least 4 members (excludes halogenated alkanes) is 1. The number of fused-ring (bicyclic) bond motifs is 5. The Bertz CT molecular complexity index is 1040. The van der Waals surface area contributed by atoms with E-state index in [0.29, 0.717) is 17.9 Å². The van der Waals surface area contributed by atoms with E-state index in [4.69, 9.17) is 10.5 Å². The SMILES string of the molecule is CCCCNC(=O)NC12C(=O)c3c(N)cccc3C1(O)Oc1cc(C(C)C)ccc12. The average Bonchev–Trinajstić information content (AvgIpc) is 3.05. The molecule has 1 aliphatic heterocycles. The maximum Gasteiger partial charge on any atom is 0.316 e. The molecule has 0 saturated carbocycles. The number of nitrogen functional groups attached to an aromatic ring is 1. The number of amides is 2. The van der Waals surface area contributed by atoms with Gasteiger partial charge in [0, 0.05) is 23.4 Å². The van der Waals surface area contributed by atoms with Gasteiger partial charge >= 0.3 is 6.03 Å². The first-order valence-electron chi connectivity index (χ1n) is 10.3. The molecule has 0 spiro atoms. The Hall–Kier alpha value is -3.06. The molecule has 158 valence electrons. The highest BCUT2D eigenvalue weighted by Gasteiger charge is 2.72. The number of anilines is 1. The Labute approximate surface area is 175 Å². The van der Waals surface area contributed by atoms with Crippen LogP contribution in [0.25, 0.3) is 0 Å². The molecule has 0 bridgehead atoms. The third-order valence-corrected chi connectivity index (χ3v) is 5.99. The van der Waals surface area contributed by atoms with Crippen molar-refractivity contribution in [2.45, 2.75) is 50.9 Å². The monoisotopic (exact) mass is 409 g/mol.